The molecule has 0 bridgehead atoms. The Morgan fingerprint density at radius 2 is 2.16 bits per heavy atom. The first-order valence-corrected chi connectivity index (χ1v) is 7.01. The average molecular weight is 256 g/mol. The molecule has 4 nitrogen and oxygen atoms in total. The minimum absolute atomic E-state index is 0.285. The third-order valence-electron chi connectivity index (χ3n) is 3.96. The van der Waals surface area contributed by atoms with Gasteiger partial charge in [-0.1, -0.05) is 30.3 Å². The van der Waals surface area contributed by atoms with Crippen LogP contribution in [-0.4, -0.2) is 27.9 Å². The molecule has 3 rings (SSSR count). The van der Waals surface area contributed by atoms with Gasteiger partial charge in [-0.05, 0) is 31.9 Å². The van der Waals surface area contributed by atoms with Crippen LogP contribution < -0.4 is 5.32 Å². The monoisotopic (exact) mass is 256 g/mol. The lowest BCUT2D eigenvalue weighted by Crippen LogP contribution is -2.30. The number of piperidine rings is 1. The molecule has 2 atom stereocenters. The number of nitrogens with one attached hydrogen (secondary N) is 1. The second-order valence-electron chi connectivity index (χ2n) is 5.23. The van der Waals surface area contributed by atoms with Crippen LogP contribution in [0.15, 0.2) is 36.7 Å². The maximum Gasteiger partial charge on any atom is 0.137 e. The van der Waals surface area contributed by atoms with Crippen LogP contribution in [0.3, 0.4) is 0 Å². The van der Waals surface area contributed by atoms with Gasteiger partial charge < -0.3 is 9.88 Å². The third kappa shape index (κ3) is 2.54. The molecule has 0 radical (unpaired) electrons. The van der Waals surface area contributed by atoms with E-state index in [1.54, 1.807) is 0 Å². The molecule has 0 spiro atoms. The Labute approximate surface area is 113 Å². The van der Waals surface area contributed by atoms with Gasteiger partial charge in [0.25, 0.3) is 0 Å². The lowest BCUT2D eigenvalue weighted by molar-refractivity contribution is 0.426. The molecule has 19 heavy (non-hydrogen) atoms. The Morgan fingerprint density at radius 3 is 2.89 bits per heavy atom. The van der Waals surface area contributed by atoms with Gasteiger partial charge in [-0.3, -0.25) is 0 Å². The quantitative estimate of drug-likeness (QED) is 0.916. The van der Waals surface area contributed by atoms with Crippen molar-refractivity contribution in [2.24, 2.45) is 0 Å². The van der Waals surface area contributed by atoms with Gasteiger partial charge in [0.05, 0.1) is 6.04 Å². The predicted molar refractivity (Wildman–Crippen MR) is 75.1 cm³/mol. The van der Waals surface area contributed by atoms with Gasteiger partial charge in [-0.15, -0.1) is 10.2 Å². The van der Waals surface area contributed by atoms with Crippen LogP contribution in [0.1, 0.15) is 43.1 Å². The van der Waals surface area contributed by atoms with Crippen molar-refractivity contribution in [1.82, 2.24) is 20.1 Å². The smallest absolute Gasteiger partial charge is 0.137 e. The van der Waals surface area contributed by atoms with E-state index in [-0.39, 0.29) is 6.04 Å². The molecular formula is C15H20N4. The highest BCUT2D eigenvalue weighted by atomic mass is 15.3. The highest BCUT2D eigenvalue weighted by Crippen LogP contribution is 2.26. The zero-order chi connectivity index (χ0) is 13.1. The summed E-state index contributed by atoms with van der Waals surface area (Å²) in [5.41, 5.74) is 1.30. The first-order valence-electron chi connectivity index (χ1n) is 7.01. The van der Waals surface area contributed by atoms with Gasteiger partial charge in [0.2, 0.25) is 0 Å². The largest absolute Gasteiger partial charge is 0.316 e. The maximum atomic E-state index is 4.36. The van der Waals surface area contributed by atoms with E-state index in [2.05, 4.69) is 51.3 Å². The molecule has 2 aromatic rings. The van der Waals surface area contributed by atoms with Gasteiger partial charge >= 0.3 is 0 Å². The summed E-state index contributed by atoms with van der Waals surface area (Å²) < 4.78 is 2.22. The number of rotatable bonds is 3. The van der Waals surface area contributed by atoms with E-state index >= 15 is 0 Å². The molecule has 1 saturated heterocycles. The Bertz CT molecular complexity index is 514. The molecule has 0 aliphatic carbocycles. The molecule has 1 aromatic heterocycles. The van der Waals surface area contributed by atoms with Gasteiger partial charge in [-0.2, -0.15) is 0 Å². The number of nitrogens with zero attached hydrogens (tertiary/aromatic N) is 3. The Balaban J connectivity index is 1.87. The van der Waals surface area contributed by atoms with Crippen LogP contribution in [-0.2, 0) is 0 Å². The highest BCUT2D eigenvalue weighted by molar-refractivity contribution is 5.20. The van der Waals surface area contributed by atoms with Gasteiger partial charge in [0.15, 0.2) is 0 Å². The Hall–Kier alpha value is -1.68. The lowest BCUT2D eigenvalue weighted by atomic mass is 9.98. The summed E-state index contributed by atoms with van der Waals surface area (Å²) in [4.78, 5) is 0. The number of aromatic nitrogens is 3. The topological polar surface area (TPSA) is 42.7 Å². The molecular weight excluding hydrogens is 236 g/mol. The second-order valence-corrected chi connectivity index (χ2v) is 5.23. The van der Waals surface area contributed by atoms with E-state index in [0.29, 0.717) is 5.92 Å². The van der Waals surface area contributed by atoms with E-state index in [9.17, 15) is 0 Å². The third-order valence-corrected chi connectivity index (χ3v) is 3.96. The molecule has 1 N–H and O–H groups in total. The van der Waals surface area contributed by atoms with Crippen LogP contribution in [0.25, 0.3) is 0 Å². The van der Waals surface area contributed by atoms with E-state index in [4.69, 9.17) is 0 Å². The standard InChI is InChI=1S/C15H20N4/c1-12(13-6-3-2-4-7-13)19-11-17-18-15(19)14-8-5-9-16-10-14/h2-4,6-7,11-12,14,16H,5,8-10H2,1H3. The number of hydrogen-bond donors (Lipinski definition) is 1. The highest BCUT2D eigenvalue weighted by Gasteiger charge is 2.22. The zero-order valence-electron chi connectivity index (χ0n) is 11.3. The first-order chi connectivity index (χ1) is 9.36. The fourth-order valence-corrected chi connectivity index (χ4v) is 2.81. The molecule has 0 saturated carbocycles. The fourth-order valence-electron chi connectivity index (χ4n) is 2.81. The molecule has 0 amide bonds. The zero-order valence-corrected chi connectivity index (χ0v) is 11.3. The molecule has 1 aliphatic heterocycles. The summed E-state index contributed by atoms with van der Waals surface area (Å²) >= 11 is 0. The molecule has 1 aliphatic rings. The Kier molecular flexibility index (Phi) is 3.60. The van der Waals surface area contributed by atoms with Crippen LogP contribution in [0.5, 0.6) is 0 Å². The maximum absolute atomic E-state index is 4.36. The number of benzene rings is 1. The van der Waals surface area contributed by atoms with Gasteiger partial charge in [0.1, 0.15) is 12.2 Å². The van der Waals surface area contributed by atoms with Crippen molar-refractivity contribution in [2.45, 2.75) is 31.7 Å². The first kappa shape index (κ1) is 12.4. The summed E-state index contributed by atoms with van der Waals surface area (Å²) in [5, 5.41) is 11.9. The van der Waals surface area contributed by atoms with Crippen LogP contribution in [0.4, 0.5) is 0 Å². The minimum Gasteiger partial charge on any atom is -0.316 e. The van der Waals surface area contributed by atoms with Crippen molar-refractivity contribution in [3.63, 3.8) is 0 Å². The molecule has 2 heterocycles. The Morgan fingerprint density at radius 1 is 1.32 bits per heavy atom. The van der Waals surface area contributed by atoms with E-state index in [0.717, 1.165) is 18.9 Å². The van der Waals surface area contributed by atoms with Crippen LogP contribution >= 0.6 is 0 Å². The van der Waals surface area contributed by atoms with Crippen LogP contribution in [0.2, 0.25) is 0 Å². The normalized spacial score (nSPS) is 21.2. The van der Waals surface area contributed by atoms with E-state index < -0.39 is 0 Å². The molecule has 100 valence electrons. The summed E-state index contributed by atoms with van der Waals surface area (Å²) in [6.07, 6.45) is 4.28. The molecule has 2 unspecified atom stereocenters. The van der Waals surface area contributed by atoms with Gasteiger partial charge in [0, 0.05) is 12.5 Å². The van der Waals surface area contributed by atoms with E-state index in [1.165, 1.54) is 18.4 Å². The van der Waals surface area contributed by atoms with Crippen molar-refractivity contribution in [3.8, 4) is 0 Å². The second kappa shape index (κ2) is 5.53. The van der Waals surface area contributed by atoms with Crippen molar-refractivity contribution in [3.05, 3.63) is 48.0 Å². The SMILES string of the molecule is CC(c1ccccc1)n1cnnc1C1CCCNC1. The molecule has 1 aromatic carbocycles. The number of hydrogen-bond acceptors (Lipinski definition) is 3. The predicted octanol–water partition coefficient (Wildman–Crippen LogP) is 2.35. The van der Waals surface area contributed by atoms with Crippen LogP contribution in [0, 0.1) is 0 Å². The average Bonchev–Trinajstić information content (AvgIpc) is 2.98. The summed E-state index contributed by atoms with van der Waals surface area (Å²) in [6.45, 7) is 4.34. The molecule has 1 fully saturated rings. The van der Waals surface area contributed by atoms with Crippen molar-refractivity contribution >= 4 is 0 Å². The van der Waals surface area contributed by atoms with Crippen molar-refractivity contribution in [1.29, 1.82) is 0 Å². The summed E-state index contributed by atoms with van der Waals surface area (Å²) in [5.74, 6) is 1.60. The van der Waals surface area contributed by atoms with Crippen molar-refractivity contribution in [2.75, 3.05) is 13.1 Å². The van der Waals surface area contributed by atoms with Gasteiger partial charge in [-0.25, -0.2) is 0 Å². The minimum atomic E-state index is 0.285. The summed E-state index contributed by atoms with van der Waals surface area (Å²) in [7, 11) is 0. The fraction of sp³-hybridized carbons (Fsp3) is 0.467. The van der Waals surface area contributed by atoms with E-state index in [1.807, 2.05) is 12.4 Å². The summed E-state index contributed by atoms with van der Waals surface area (Å²) in [6, 6.07) is 10.8. The van der Waals surface area contributed by atoms with Crippen molar-refractivity contribution < 1.29 is 0 Å². The lowest BCUT2D eigenvalue weighted by Gasteiger charge is -2.24. The molecule has 4 heteroatoms.